The van der Waals surface area contributed by atoms with Gasteiger partial charge >= 0.3 is 0 Å². The van der Waals surface area contributed by atoms with Crippen LogP contribution < -0.4 is 15.4 Å². The van der Waals surface area contributed by atoms with E-state index in [1.54, 1.807) is 13.2 Å². The Morgan fingerprint density at radius 1 is 1.32 bits per heavy atom. The summed E-state index contributed by atoms with van der Waals surface area (Å²) in [5.41, 5.74) is 1.99. The van der Waals surface area contributed by atoms with Gasteiger partial charge in [-0.25, -0.2) is 4.39 Å². The first-order chi connectivity index (χ1) is 12.1. The molecule has 1 atom stereocenters. The number of fused-ring (bicyclic) bond motifs is 1. The summed E-state index contributed by atoms with van der Waals surface area (Å²) in [6.45, 7) is 0.424. The van der Waals surface area contributed by atoms with Gasteiger partial charge in [-0.15, -0.1) is 0 Å². The van der Waals surface area contributed by atoms with Crippen molar-refractivity contribution < 1.29 is 18.7 Å². The molecule has 2 N–H and O–H groups in total. The molecule has 2 aromatic rings. The van der Waals surface area contributed by atoms with E-state index in [1.165, 1.54) is 12.1 Å². The van der Waals surface area contributed by atoms with Crippen LogP contribution in [-0.4, -0.2) is 25.5 Å². The summed E-state index contributed by atoms with van der Waals surface area (Å²) in [6, 6.07) is 11.7. The second kappa shape index (κ2) is 7.34. The molecule has 2 aromatic carbocycles. The van der Waals surface area contributed by atoms with E-state index in [9.17, 15) is 14.0 Å². The third-order valence-electron chi connectivity index (χ3n) is 4.26. The number of carbonyl (C=O) groups excluding carboxylic acids is 2. The monoisotopic (exact) mass is 342 g/mol. The van der Waals surface area contributed by atoms with Gasteiger partial charge < -0.3 is 15.4 Å². The quantitative estimate of drug-likeness (QED) is 0.878. The van der Waals surface area contributed by atoms with Crippen molar-refractivity contribution in [1.29, 1.82) is 0 Å². The first kappa shape index (κ1) is 17.0. The van der Waals surface area contributed by atoms with Crippen molar-refractivity contribution in [1.82, 2.24) is 5.32 Å². The Balaban J connectivity index is 1.67. The molecular weight excluding hydrogens is 323 g/mol. The van der Waals surface area contributed by atoms with Crippen LogP contribution in [-0.2, 0) is 16.0 Å². The minimum Gasteiger partial charge on any atom is -0.496 e. The minimum atomic E-state index is -0.609. The summed E-state index contributed by atoms with van der Waals surface area (Å²) in [5, 5.41) is 5.47. The van der Waals surface area contributed by atoms with Gasteiger partial charge in [0.05, 0.1) is 13.0 Å². The first-order valence-corrected chi connectivity index (χ1v) is 8.07. The topological polar surface area (TPSA) is 67.4 Å². The van der Waals surface area contributed by atoms with Crippen LogP contribution in [0.1, 0.15) is 23.5 Å². The number of ether oxygens (including phenoxy) is 1. The summed E-state index contributed by atoms with van der Waals surface area (Å²) in [5.74, 6) is -0.812. The van der Waals surface area contributed by atoms with Crippen molar-refractivity contribution in [2.75, 3.05) is 19.0 Å². The van der Waals surface area contributed by atoms with Gasteiger partial charge in [0.25, 0.3) is 0 Å². The molecule has 0 fully saturated rings. The molecule has 0 unspecified atom stereocenters. The molecule has 2 amide bonds. The number of hydrogen-bond acceptors (Lipinski definition) is 3. The lowest BCUT2D eigenvalue weighted by Crippen LogP contribution is -2.36. The second-order valence-corrected chi connectivity index (χ2v) is 5.89. The smallest absolute Gasteiger partial charge is 0.228 e. The molecule has 1 aliphatic rings. The molecule has 0 aliphatic carbocycles. The van der Waals surface area contributed by atoms with Gasteiger partial charge in [0.2, 0.25) is 11.8 Å². The number of methoxy groups -OCH3 is 1. The normalized spacial score (nSPS) is 15.9. The Hall–Kier alpha value is -2.89. The molecule has 1 heterocycles. The van der Waals surface area contributed by atoms with E-state index in [-0.39, 0.29) is 18.2 Å². The van der Waals surface area contributed by atoms with Gasteiger partial charge in [-0.05, 0) is 35.7 Å². The lowest BCUT2D eigenvalue weighted by molar-refractivity contribution is -0.126. The van der Waals surface area contributed by atoms with Gasteiger partial charge in [0, 0.05) is 18.7 Å². The van der Waals surface area contributed by atoms with Crippen molar-refractivity contribution >= 4 is 17.5 Å². The summed E-state index contributed by atoms with van der Waals surface area (Å²) in [4.78, 5) is 24.3. The second-order valence-electron chi connectivity index (χ2n) is 5.89. The molecule has 5 nitrogen and oxygen atoms in total. The van der Waals surface area contributed by atoms with Crippen LogP contribution >= 0.6 is 0 Å². The molecular formula is C19H19FN2O3. The predicted octanol–water partition coefficient (Wildman–Crippen LogP) is 2.62. The van der Waals surface area contributed by atoms with Gasteiger partial charge in [-0.1, -0.05) is 24.3 Å². The average Bonchev–Trinajstić information content (AvgIpc) is 2.60. The molecule has 0 radical (unpaired) electrons. The molecule has 0 spiro atoms. The van der Waals surface area contributed by atoms with Crippen molar-refractivity contribution in [3.63, 3.8) is 0 Å². The number of carbonyl (C=O) groups is 2. The number of para-hydroxylation sites is 1. The van der Waals surface area contributed by atoms with Crippen LogP contribution in [0.3, 0.4) is 0 Å². The standard InChI is InChI=1S/C19H19FN2O3/c1-25-17-5-3-2-4-12(17)8-9-21-19(24)15-11-18(23)22-16-10-13(20)6-7-14(15)16/h2-7,10,15H,8-9,11H2,1H3,(H,21,24)(H,22,23)/t15-/m1/s1. The summed E-state index contributed by atoms with van der Waals surface area (Å²) < 4.78 is 18.6. The zero-order valence-electron chi connectivity index (χ0n) is 13.8. The third kappa shape index (κ3) is 3.79. The highest BCUT2D eigenvalue weighted by molar-refractivity contribution is 6.01. The molecule has 0 saturated carbocycles. The van der Waals surface area contributed by atoms with E-state index in [0.717, 1.165) is 11.3 Å². The number of nitrogens with one attached hydrogen (secondary N) is 2. The number of hydrogen-bond donors (Lipinski definition) is 2. The van der Waals surface area contributed by atoms with Crippen LogP contribution in [0.15, 0.2) is 42.5 Å². The Morgan fingerprint density at radius 2 is 2.12 bits per heavy atom. The maximum Gasteiger partial charge on any atom is 0.228 e. The molecule has 25 heavy (non-hydrogen) atoms. The fourth-order valence-corrected chi connectivity index (χ4v) is 3.02. The fourth-order valence-electron chi connectivity index (χ4n) is 3.02. The van der Waals surface area contributed by atoms with Crippen LogP contribution in [0, 0.1) is 5.82 Å². The van der Waals surface area contributed by atoms with Crippen LogP contribution in [0.4, 0.5) is 10.1 Å². The summed E-state index contributed by atoms with van der Waals surface area (Å²) >= 11 is 0. The summed E-state index contributed by atoms with van der Waals surface area (Å²) in [6.07, 6.45) is 0.671. The molecule has 1 aliphatic heterocycles. The largest absolute Gasteiger partial charge is 0.496 e. The van der Waals surface area contributed by atoms with Crippen LogP contribution in [0.5, 0.6) is 5.75 Å². The molecule has 3 rings (SSSR count). The van der Waals surface area contributed by atoms with E-state index >= 15 is 0 Å². The Labute approximate surface area is 145 Å². The van der Waals surface area contributed by atoms with E-state index in [4.69, 9.17) is 4.74 Å². The Kier molecular flexibility index (Phi) is 4.97. The number of benzene rings is 2. The number of halogens is 1. The van der Waals surface area contributed by atoms with Crippen molar-refractivity contribution in [2.45, 2.75) is 18.8 Å². The minimum absolute atomic E-state index is 0.0547. The van der Waals surface area contributed by atoms with Gasteiger partial charge in [-0.3, -0.25) is 9.59 Å². The Bertz CT molecular complexity index is 807. The van der Waals surface area contributed by atoms with E-state index in [2.05, 4.69) is 10.6 Å². The number of amides is 2. The predicted molar refractivity (Wildman–Crippen MR) is 92.1 cm³/mol. The van der Waals surface area contributed by atoms with E-state index in [0.29, 0.717) is 24.2 Å². The summed E-state index contributed by atoms with van der Waals surface area (Å²) in [7, 11) is 1.61. The number of anilines is 1. The maximum absolute atomic E-state index is 13.3. The highest BCUT2D eigenvalue weighted by Gasteiger charge is 2.30. The maximum atomic E-state index is 13.3. The van der Waals surface area contributed by atoms with Gasteiger partial charge in [0.1, 0.15) is 11.6 Å². The number of rotatable bonds is 5. The highest BCUT2D eigenvalue weighted by Crippen LogP contribution is 2.32. The lowest BCUT2D eigenvalue weighted by Gasteiger charge is -2.25. The zero-order valence-corrected chi connectivity index (χ0v) is 13.8. The van der Waals surface area contributed by atoms with Crippen LogP contribution in [0.2, 0.25) is 0 Å². The zero-order chi connectivity index (χ0) is 17.8. The lowest BCUT2D eigenvalue weighted by atomic mass is 9.89. The molecule has 130 valence electrons. The fraction of sp³-hybridized carbons (Fsp3) is 0.263. The van der Waals surface area contributed by atoms with E-state index in [1.807, 2.05) is 24.3 Å². The average molecular weight is 342 g/mol. The molecule has 6 heteroatoms. The third-order valence-corrected chi connectivity index (χ3v) is 4.26. The molecule has 0 aromatic heterocycles. The molecule has 0 saturated heterocycles. The first-order valence-electron chi connectivity index (χ1n) is 8.07. The van der Waals surface area contributed by atoms with E-state index < -0.39 is 11.7 Å². The molecule has 0 bridgehead atoms. The van der Waals surface area contributed by atoms with Crippen LogP contribution in [0.25, 0.3) is 0 Å². The Morgan fingerprint density at radius 3 is 2.92 bits per heavy atom. The van der Waals surface area contributed by atoms with Crippen molar-refractivity contribution in [2.24, 2.45) is 0 Å². The van der Waals surface area contributed by atoms with Crippen molar-refractivity contribution in [3.05, 3.63) is 59.4 Å². The van der Waals surface area contributed by atoms with Gasteiger partial charge in [0.15, 0.2) is 0 Å². The highest BCUT2D eigenvalue weighted by atomic mass is 19.1. The van der Waals surface area contributed by atoms with Gasteiger partial charge in [-0.2, -0.15) is 0 Å². The van der Waals surface area contributed by atoms with Crippen molar-refractivity contribution in [3.8, 4) is 5.75 Å². The SMILES string of the molecule is COc1ccccc1CCNC(=O)[C@@H]1CC(=O)Nc2cc(F)ccc21.